The Labute approximate surface area is 191 Å². The number of fused-ring (bicyclic) bond motifs is 2. The summed E-state index contributed by atoms with van der Waals surface area (Å²) in [6.07, 6.45) is 1.85. The van der Waals surface area contributed by atoms with E-state index in [4.69, 9.17) is 5.73 Å². The molecule has 1 atom stereocenters. The number of nitrogens with one attached hydrogen (secondary N) is 2. The molecule has 5 rings (SSSR count). The van der Waals surface area contributed by atoms with Crippen LogP contribution in [0.5, 0.6) is 0 Å². The molecule has 0 aliphatic heterocycles. The van der Waals surface area contributed by atoms with Gasteiger partial charge in [-0.15, -0.1) is 0 Å². The molecule has 0 amide bonds. The number of para-hydroxylation sites is 1. The molecule has 11 heteroatoms. The zero-order chi connectivity index (χ0) is 24.0. The summed E-state index contributed by atoms with van der Waals surface area (Å²) in [5, 5.41) is 3.47. The van der Waals surface area contributed by atoms with E-state index in [2.05, 4.69) is 30.2 Å². The van der Waals surface area contributed by atoms with E-state index < -0.39 is 28.9 Å². The Morgan fingerprint density at radius 2 is 1.85 bits per heavy atom. The van der Waals surface area contributed by atoms with E-state index in [1.54, 1.807) is 25.1 Å². The average molecular weight is 462 g/mol. The Balaban J connectivity index is 1.79. The number of benzene rings is 2. The molecule has 0 saturated heterocycles. The van der Waals surface area contributed by atoms with Gasteiger partial charge in [0, 0.05) is 0 Å². The second kappa shape index (κ2) is 8.18. The van der Waals surface area contributed by atoms with E-state index >= 15 is 0 Å². The second-order valence-electron chi connectivity index (χ2n) is 7.79. The lowest BCUT2D eigenvalue weighted by Crippen LogP contribution is -2.30. The monoisotopic (exact) mass is 462 g/mol. The molecular formula is C23H20F2N8O. The largest absolute Gasteiger partial charge is 0.368 e. The second-order valence-corrected chi connectivity index (χ2v) is 7.79. The number of nitrogens with zero attached hydrogens (tertiary/aromatic N) is 5. The van der Waals surface area contributed by atoms with Crippen LogP contribution in [0.25, 0.3) is 27.8 Å². The number of imidazole rings is 1. The van der Waals surface area contributed by atoms with E-state index in [-0.39, 0.29) is 17.2 Å². The summed E-state index contributed by atoms with van der Waals surface area (Å²) in [6, 6.07) is 7.98. The van der Waals surface area contributed by atoms with Crippen molar-refractivity contribution in [2.45, 2.75) is 26.3 Å². The summed E-state index contributed by atoms with van der Waals surface area (Å²) in [7, 11) is 0. The SMILES string of the molecule is CCC(Nc1nc(N)nc2[nH]cnc12)c1nc2cccc(C)c2c(=O)n1-c1c(F)cccc1F. The highest BCUT2D eigenvalue weighted by molar-refractivity contribution is 5.84. The molecule has 1 unspecified atom stereocenters. The molecular weight excluding hydrogens is 442 g/mol. The number of hydrogen-bond donors (Lipinski definition) is 3. The molecule has 172 valence electrons. The van der Waals surface area contributed by atoms with Crippen molar-refractivity contribution >= 4 is 33.8 Å². The molecule has 34 heavy (non-hydrogen) atoms. The van der Waals surface area contributed by atoms with Crippen molar-refractivity contribution in [2.75, 3.05) is 11.1 Å². The highest BCUT2D eigenvalue weighted by Gasteiger charge is 2.25. The summed E-state index contributed by atoms with van der Waals surface area (Å²) in [5.41, 5.74) is 6.68. The highest BCUT2D eigenvalue weighted by Crippen LogP contribution is 2.28. The van der Waals surface area contributed by atoms with Gasteiger partial charge < -0.3 is 16.0 Å². The van der Waals surface area contributed by atoms with Gasteiger partial charge in [0.1, 0.15) is 28.7 Å². The van der Waals surface area contributed by atoms with E-state index in [9.17, 15) is 13.6 Å². The molecule has 0 radical (unpaired) electrons. The summed E-state index contributed by atoms with van der Waals surface area (Å²) in [5.74, 6) is -1.33. The summed E-state index contributed by atoms with van der Waals surface area (Å²) >= 11 is 0. The predicted octanol–water partition coefficient (Wildman–Crippen LogP) is 3.78. The number of aromatic amines is 1. The Morgan fingerprint density at radius 3 is 2.59 bits per heavy atom. The molecule has 0 aliphatic carbocycles. The van der Waals surface area contributed by atoms with Crippen LogP contribution in [0.2, 0.25) is 0 Å². The minimum Gasteiger partial charge on any atom is -0.368 e. The molecule has 9 nitrogen and oxygen atoms in total. The molecule has 0 bridgehead atoms. The third kappa shape index (κ3) is 3.41. The van der Waals surface area contributed by atoms with Crippen LogP contribution in [-0.4, -0.2) is 29.5 Å². The van der Waals surface area contributed by atoms with Gasteiger partial charge in [-0.1, -0.05) is 25.1 Å². The first kappa shape index (κ1) is 21.4. The molecule has 0 saturated carbocycles. The van der Waals surface area contributed by atoms with Crippen molar-refractivity contribution in [3.63, 3.8) is 0 Å². The van der Waals surface area contributed by atoms with Crippen molar-refractivity contribution in [3.8, 4) is 5.69 Å². The molecule has 3 heterocycles. The Morgan fingerprint density at radius 1 is 1.12 bits per heavy atom. The number of aryl methyl sites for hydroxylation is 1. The fourth-order valence-electron chi connectivity index (χ4n) is 4.03. The number of nitrogen functional groups attached to an aromatic ring is 1. The van der Waals surface area contributed by atoms with Gasteiger partial charge in [-0.2, -0.15) is 9.97 Å². The molecule has 4 N–H and O–H groups in total. The van der Waals surface area contributed by atoms with Crippen LogP contribution in [0.15, 0.2) is 47.5 Å². The van der Waals surface area contributed by atoms with Gasteiger partial charge in [0.05, 0.1) is 23.3 Å². The lowest BCUT2D eigenvalue weighted by atomic mass is 10.1. The molecule has 2 aromatic carbocycles. The molecule has 5 aromatic rings. The van der Waals surface area contributed by atoms with Gasteiger partial charge in [-0.3, -0.25) is 9.36 Å². The van der Waals surface area contributed by atoms with Gasteiger partial charge in [0.25, 0.3) is 5.56 Å². The number of rotatable bonds is 5. The first-order chi connectivity index (χ1) is 16.4. The van der Waals surface area contributed by atoms with Crippen molar-refractivity contribution in [2.24, 2.45) is 0 Å². The number of hydrogen-bond acceptors (Lipinski definition) is 7. The topological polar surface area (TPSA) is 127 Å². The first-order valence-corrected chi connectivity index (χ1v) is 10.6. The summed E-state index contributed by atoms with van der Waals surface area (Å²) in [6.45, 7) is 3.60. The van der Waals surface area contributed by atoms with Gasteiger partial charge in [-0.25, -0.2) is 18.7 Å². The van der Waals surface area contributed by atoms with Gasteiger partial charge in [0.15, 0.2) is 11.5 Å². The zero-order valence-corrected chi connectivity index (χ0v) is 18.3. The highest BCUT2D eigenvalue weighted by atomic mass is 19.1. The van der Waals surface area contributed by atoms with Gasteiger partial charge >= 0.3 is 0 Å². The molecule has 0 fully saturated rings. The number of H-pyrrole nitrogens is 1. The van der Waals surface area contributed by atoms with Gasteiger partial charge in [0.2, 0.25) is 5.95 Å². The fraction of sp³-hybridized carbons (Fsp3) is 0.174. The predicted molar refractivity (Wildman–Crippen MR) is 125 cm³/mol. The van der Waals surface area contributed by atoms with Crippen LogP contribution in [0.3, 0.4) is 0 Å². The van der Waals surface area contributed by atoms with Crippen molar-refractivity contribution < 1.29 is 8.78 Å². The van der Waals surface area contributed by atoms with Crippen molar-refractivity contribution in [3.05, 3.63) is 76.1 Å². The van der Waals surface area contributed by atoms with Crippen molar-refractivity contribution in [1.82, 2.24) is 29.5 Å². The Hall–Kier alpha value is -4.41. The standard InChI is InChI=1S/C23H20F2N8O/c1-3-14(29-20-17-19(28-10-27-17)31-23(26)32-20)21-30-15-9-4-6-11(2)16(15)22(34)33(21)18-12(24)7-5-8-13(18)25/h4-10,14H,3H2,1-2H3,(H4,26,27,28,29,31,32). The first-order valence-electron chi connectivity index (χ1n) is 10.6. The minimum atomic E-state index is -0.881. The number of nitrogens with two attached hydrogens (primary N) is 1. The van der Waals surface area contributed by atoms with Crippen molar-refractivity contribution in [1.29, 1.82) is 0 Å². The van der Waals surface area contributed by atoms with Crippen LogP contribution < -0.4 is 16.6 Å². The van der Waals surface area contributed by atoms with Crippen LogP contribution in [0.1, 0.15) is 30.8 Å². The zero-order valence-electron chi connectivity index (χ0n) is 18.3. The smallest absolute Gasteiger partial charge is 0.266 e. The lowest BCUT2D eigenvalue weighted by Gasteiger charge is -2.23. The van der Waals surface area contributed by atoms with Crippen LogP contribution in [-0.2, 0) is 0 Å². The van der Waals surface area contributed by atoms with Crippen LogP contribution in [0.4, 0.5) is 20.5 Å². The number of halogens is 2. The van der Waals surface area contributed by atoms with Crippen LogP contribution >= 0.6 is 0 Å². The third-order valence-electron chi connectivity index (χ3n) is 5.62. The lowest BCUT2D eigenvalue weighted by molar-refractivity contribution is 0.553. The Kier molecular flexibility index (Phi) is 5.16. The average Bonchev–Trinajstić information content (AvgIpc) is 3.27. The third-order valence-corrected chi connectivity index (χ3v) is 5.62. The minimum absolute atomic E-state index is 0.00809. The quantitative estimate of drug-likeness (QED) is 0.363. The normalized spacial score (nSPS) is 12.4. The van der Waals surface area contributed by atoms with Crippen LogP contribution in [0, 0.1) is 18.6 Å². The molecule has 0 aliphatic rings. The summed E-state index contributed by atoms with van der Waals surface area (Å²) in [4.78, 5) is 33.8. The fourth-order valence-corrected chi connectivity index (χ4v) is 4.03. The Bertz CT molecular complexity index is 1590. The maximum absolute atomic E-state index is 14.9. The summed E-state index contributed by atoms with van der Waals surface area (Å²) < 4.78 is 30.8. The van der Waals surface area contributed by atoms with E-state index in [0.717, 1.165) is 16.7 Å². The number of aromatic nitrogens is 6. The maximum atomic E-state index is 14.9. The van der Waals surface area contributed by atoms with E-state index in [0.29, 0.717) is 34.5 Å². The number of anilines is 2. The molecule has 0 spiro atoms. The van der Waals surface area contributed by atoms with E-state index in [1.165, 1.54) is 12.4 Å². The van der Waals surface area contributed by atoms with E-state index in [1.807, 2.05) is 6.92 Å². The van der Waals surface area contributed by atoms with Gasteiger partial charge in [-0.05, 0) is 37.1 Å². The maximum Gasteiger partial charge on any atom is 0.266 e. The molecule has 3 aromatic heterocycles.